The molecule has 1 aromatic carbocycles. The van der Waals surface area contributed by atoms with Crippen molar-refractivity contribution in [3.63, 3.8) is 0 Å². The number of nitrogens with zero attached hydrogens (tertiary/aromatic N) is 4. The van der Waals surface area contributed by atoms with E-state index in [9.17, 15) is 4.79 Å². The van der Waals surface area contributed by atoms with Crippen molar-refractivity contribution in [3.05, 3.63) is 53.9 Å². The molecule has 2 unspecified atom stereocenters. The zero-order valence-corrected chi connectivity index (χ0v) is 14.8. The SMILES string of the molecule is COCC1CN(C(=O)c2nccc3ccccc23)CC1c1nc(C)no1. The average Bonchev–Trinajstić information content (AvgIpc) is 3.27. The van der Waals surface area contributed by atoms with Crippen LogP contribution in [0.3, 0.4) is 0 Å². The van der Waals surface area contributed by atoms with Crippen molar-refractivity contribution in [1.82, 2.24) is 20.0 Å². The second kappa shape index (κ2) is 6.84. The minimum absolute atomic E-state index is 0.0323. The zero-order chi connectivity index (χ0) is 18.1. The Balaban J connectivity index is 1.64. The summed E-state index contributed by atoms with van der Waals surface area (Å²) in [7, 11) is 1.66. The molecule has 0 bridgehead atoms. The van der Waals surface area contributed by atoms with E-state index in [4.69, 9.17) is 9.26 Å². The highest BCUT2D eigenvalue weighted by atomic mass is 16.5. The van der Waals surface area contributed by atoms with Crippen LogP contribution in [0.1, 0.15) is 28.1 Å². The number of hydrogen-bond donors (Lipinski definition) is 0. The lowest BCUT2D eigenvalue weighted by atomic mass is 9.97. The molecule has 4 rings (SSSR count). The Labute approximate surface area is 151 Å². The molecule has 134 valence electrons. The highest BCUT2D eigenvalue weighted by molar-refractivity contribution is 6.05. The highest BCUT2D eigenvalue weighted by Gasteiger charge is 2.40. The standard InChI is InChI=1S/C19H20N4O3/c1-12-21-18(26-22-12)16-10-23(9-14(16)11-25-2)19(24)17-15-6-4-3-5-13(15)7-8-20-17/h3-8,14,16H,9-11H2,1-2H3. The van der Waals surface area contributed by atoms with Gasteiger partial charge >= 0.3 is 0 Å². The van der Waals surface area contributed by atoms with Crippen molar-refractivity contribution in [1.29, 1.82) is 0 Å². The van der Waals surface area contributed by atoms with Crippen LogP contribution < -0.4 is 0 Å². The lowest BCUT2D eigenvalue weighted by molar-refractivity contribution is 0.0772. The van der Waals surface area contributed by atoms with Crippen LogP contribution in [0, 0.1) is 12.8 Å². The fourth-order valence-electron chi connectivity index (χ4n) is 3.60. The summed E-state index contributed by atoms with van der Waals surface area (Å²) in [5.41, 5.74) is 0.474. The van der Waals surface area contributed by atoms with Crippen LogP contribution in [0.5, 0.6) is 0 Å². The summed E-state index contributed by atoms with van der Waals surface area (Å²) >= 11 is 0. The minimum atomic E-state index is -0.0818. The number of rotatable bonds is 4. The predicted molar refractivity (Wildman–Crippen MR) is 94.8 cm³/mol. The van der Waals surface area contributed by atoms with E-state index in [1.54, 1.807) is 20.2 Å². The van der Waals surface area contributed by atoms with Gasteiger partial charge in [0.2, 0.25) is 5.89 Å². The van der Waals surface area contributed by atoms with Gasteiger partial charge in [-0.3, -0.25) is 9.78 Å². The van der Waals surface area contributed by atoms with E-state index in [-0.39, 0.29) is 17.7 Å². The Kier molecular flexibility index (Phi) is 4.38. The molecule has 0 saturated carbocycles. The molecule has 0 spiro atoms. The molecule has 1 amide bonds. The van der Waals surface area contributed by atoms with Gasteiger partial charge in [-0.05, 0) is 18.4 Å². The van der Waals surface area contributed by atoms with E-state index in [0.717, 1.165) is 10.8 Å². The molecule has 1 saturated heterocycles. The van der Waals surface area contributed by atoms with Gasteiger partial charge in [0.25, 0.3) is 5.91 Å². The summed E-state index contributed by atoms with van der Waals surface area (Å²) in [4.78, 5) is 23.7. The lowest BCUT2D eigenvalue weighted by Gasteiger charge is -2.16. The van der Waals surface area contributed by atoms with Gasteiger partial charge in [0, 0.05) is 37.7 Å². The predicted octanol–water partition coefficient (Wildman–Crippen LogP) is 2.43. The maximum absolute atomic E-state index is 13.1. The number of methoxy groups -OCH3 is 1. The minimum Gasteiger partial charge on any atom is -0.384 e. The van der Waals surface area contributed by atoms with Gasteiger partial charge in [-0.15, -0.1) is 0 Å². The zero-order valence-electron chi connectivity index (χ0n) is 14.8. The van der Waals surface area contributed by atoms with Gasteiger partial charge in [0.05, 0.1) is 12.5 Å². The number of likely N-dealkylation sites (tertiary alicyclic amines) is 1. The molecule has 1 aliphatic heterocycles. The summed E-state index contributed by atoms with van der Waals surface area (Å²) < 4.78 is 10.7. The quantitative estimate of drug-likeness (QED) is 0.717. The first-order valence-corrected chi connectivity index (χ1v) is 8.59. The first-order chi connectivity index (χ1) is 12.7. The molecule has 3 heterocycles. The number of pyridine rings is 1. The largest absolute Gasteiger partial charge is 0.384 e. The molecule has 1 aliphatic rings. The molecule has 2 aromatic heterocycles. The van der Waals surface area contributed by atoms with Crippen LogP contribution in [-0.2, 0) is 4.74 Å². The average molecular weight is 352 g/mol. The van der Waals surface area contributed by atoms with Crippen molar-refractivity contribution in [2.45, 2.75) is 12.8 Å². The fourth-order valence-corrected chi connectivity index (χ4v) is 3.60. The number of aryl methyl sites for hydroxylation is 1. The maximum atomic E-state index is 13.1. The number of benzene rings is 1. The molecule has 0 aliphatic carbocycles. The summed E-state index contributed by atoms with van der Waals surface area (Å²) in [5, 5.41) is 5.75. The molecule has 0 radical (unpaired) electrons. The summed E-state index contributed by atoms with van der Waals surface area (Å²) in [6, 6.07) is 9.69. The topological polar surface area (TPSA) is 81.4 Å². The number of amides is 1. The first-order valence-electron chi connectivity index (χ1n) is 8.59. The molecular weight excluding hydrogens is 332 g/mol. The van der Waals surface area contributed by atoms with Crippen LogP contribution in [-0.4, -0.2) is 52.7 Å². The maximum Gasteiger partial charge on any atom is 0.273 e. The fraction of sp³-hybridized carbons (Fsp3) is 0.368. The van der Waals surface area contributed by atoms with Crippen LogP contribution in [0.25, 0.3) is 10.8 Å². The van der Waals surface area contributed by atoms with Gasteiger partial charge in [-0.25, -0.2) is 0 Å². The molecule has 7 nitrogen and oxygen atoms in total. The Morgan fingerprint density at radius 2 is 2.15 bits per heavy atom. The second-order valence-electron chi connectivity index (χ2n) is 6.59. The molecule has 3 aromatic rings. The molecular formula is C19H20N4O3. The van der Waals surface area contributed by atoms with E-state index in [0.29, 0.717) is 37.1 Å². The molecule has 7 heteroatoms. The third-order valence-electron chi connectivity index (χ3n) is 4.85. The Morgan fingerprint density at radius 3 is 2.92 bits per heavy atom. The van der Waals surface area contributed by atoms with Crippen molar-refractivity contribution in [2.75, 3.05) is 26.8 Å². The van der Waals surface area contributed by atoms with E-state index >= 15 is 0 Å². The van der Waals surface area contributed by atoms with E-state index in [1.165, 1.54) is 0 Å². The smallest absolute Gasteiger partial charge is 0.273 e. The van der Waals surface area contributed by atoms with Gasteiger partial charge in [0.15, 0.2) is 5.82 Å². The third-order valence-corrected chi connectivity index (χ3v) is 4.85. The summed E-state index contributed by atoms with van der Waals surface area (Å²) in [6.07, 6.45) is 1.68. The van der Waals surface area contributed by atoms with Crippen molar-refractivity contribution >= 4 is 16.7 Å². The Hall–Kier alpha value is -2.80. The van der Waals surface area contributed by atoms with E-state index < -0.39 is 0 Å². The molecule has 1 fully saturated rings. The van der Waals surface area contributed by atoms with Gasteiger partial charge in [0.1, 0.15) is 5.69 Å². The summed E-state index contributed by atoms with van der Waals surface area (Å²) in [6.45, 7) is 3.40. The van der Waals surface area contributed by atoms with E-state index in [1.807, 2.05) is 35.2 Å². The van der Waals surface area contributed by atoms with Crippen LogP contribution in [0.15, 0.2) is 41.1 Å². The Morgan fingerprint density at radius 1 is 1.31 bits per heavy atom. The van der Waals surface area contributed by atoms with Crippen molar-refractivity contribution in [2.24, 2.45) is 5.92 Å². The number of ether oxygens (including phenoxy) is 1. The highest BCUT2D eigenvalue weighted by Crippen LogP contribution is 2.33. The number of hydrogen-bond acceptors (Lipinski definition) is 6. The molecule has 26 heavy (non-hydrogen) atoms. The first kappa shape index (κ1) is 16.7. The number of fused-ring (bicyclic) bond motifs is 1. The van der Waals surface area contributed by atoms with Crippen LogP contribution >= 0.6 is 0 Å². The van der Waals surface area contributed by atoms with Crippen LogP contribution in [0.2, 0.25) is 0 Å². The van der Waals surface area contributed by atoms with Gasteiger partial charge < -0.3 is 14.2 Å². The number of carbonyl (C=O) groups excluding carboxylic acids is 1. The lowest BCUT2D eigenvalue weighted by Crippen LogP contribution is -2.30. The van der Waals surface area contributed by atoms with Crippen molar-refractivity contribution < 1.29 is 14.1 Å². The van der Waals surface area contributed by atoms with E-state index in [2.05, 4.69) is 15.1 Å². The monoisotopic (exact) mass is 352 g/mol. The third kappa shape index (κ3) is 2.94. The molecule has 0 N–H and O–H groups in total. The molecule has 2 atom stereocenters. The normalized spacial score (nSPS) is 20.0. The number of carbonyl (C=O) groups is 1. The Bertz CT molecular complexity index is 934. The number of aromatic nitrogens is 3. The van der Waals surface area contributed by atoms with Gasteiger partial charge in [-0.2, -0.15) is 4.98 Å². The van der Waals surface area contributed by atoms with Gasteiger partial charge in [-0.1, -0.05) is 29.4 Å². The summed E-state index contributed by atoms with van der Waals surface area (Å²) in [5.74, 6) is 1.15. The van der Waals surface area contributed by atoms with Crippen molar-refractivity contribution in [3.8, 4) is 0 Å². The second-order valence-corrected chi connectivity index (χ2v) is 6.59. The van der Waals surface area contributed by atoms with Crippen LogP contribution in [0.4, 0.5) is 0 Å².